The van der Waals surface area contributed by atoms with E-state index in [0.717, 1.165) is 31.4 Å². The number of benzene rings is 1. The Hall–Kier alpha value is -1.84. The molecule has 0 atom stereocenters. The monoisotopic (exact) mass is 382 g/mol. The number of hydrogen-bond donors (Lipinski definition) is 1. The third-order valence-electron chi connectivity index (χ3n) is 3.90. The zero-order chi connectivity index (χ0) is 18.7. The highest BCUT2D eigenvalue weighted by Crippen LogP contribution is 2.34. The van der Waals surface area contributed by atoms with Crippen molar-refractivity contribution in [3.63, 3.8) is 0 Å². The van der Waals surface area contributed by atoms with E-state index in [1.807, 2.05) is 0 Å². The second-order valence-corrected chi connectivity index (χ2v) is 7.62. The fraction of sp³-hybridized carbons (Fsp3) is 0.533. The number of nitrogens with one attached hydrogen (secondary N) is 1. The smallest absolute Gasteiger partial charge is 0.383 e. The van der Waals surface area contributed by atoms with Crippen molar-refractivity contribution < 1.29 is 30.8 Å². The number of hydrogen-bond acceptors (Lipinski definition) is 4. The summed E-state index contributed by atoms with van der Waals surface area (Å²) in [5.41, 5.74) is -5.92. The molecule has 0 unspecified atom stereocenters. The van der Waals surface area contributed by atoms with Gasteiger partial charge in [0.25, 0.3) is 9.84 Å². The van der Waals surface area contributed by atoms with E-state index in [2.05, 4.69) is 5.32 Å². The quantitative estimate of drug-likeness (QED) is 0.796. The summed E-state index contributed by atoms with van der Waals surface area (Å²) in [4.78, 5) is 12.5. The number of anilines is 1. The molecule has 1 aliphatic rings. The lowest BCUT2D eigenvalue weighted by molar-refractivity contribution is -0.131. The molecular formula is C15H18F4N2O3S. The molecule has 1 heterocycles. The number of rotatable bonds is 5. The average Bonchev–Trinajstić information content (AvgIpc) is 2.55. The van der Waals surface area contributed by atoms with Gasteiger partial charge in [0, 0.05) is 26.1 Å². The number of nitrogens with zero attached hydrogens (tertiary/aromatic N) is 1. The van der Waals surface area contributed by atoms with Crippen molar-refractivity contribution in [3.8, 4) is 0 Å². The summed E-state index contributed by atoms with van der Waals surface area (Å²) in [6.45, 7) is 1.23. The lowest BCUT2D eigenvalue weighted by Gasteiger charge is -2.26. The lowest BCUT2D eigenvalue weighted by Crippen LogP contribution is -2.36. The standard InChI is InChI=1S/C15H18F4N2O3S/c16-11-4-5-12(13(10-11)25(23,24)15(17,18)19)20-7-6-14(22)21-8-2-1-3-9-21/h4-5,10,20H,1-3,6-9H2. The fourth-order valence-corrected chi connectivity index (χ4v) is 3.54. The number of halogens is 4. The van der Waals surface area contributed by atoms with Crippen LogP contribution >= 0.6 is 0 Å². The summed E-state index contributed by atoms with van der Waals surface area (Å²) >= 11 is 0. The molecule has 0 aromatic heterocycles. The van der Waals surface area contributed by atoms with Gasteiger partial charge >= 0.3 is 5.51 Å². The van der Waals surface area contributed by atoms with Gasteiger partial charge in [-0.05, 0) is 37.5 Å². The van der Waals surface area contributed by atoms with Gasteiger partial charge in [-0.1, -0.05) is 0 Å². The maximum Gasteiger partial charge on any atom is 0.501 e. The number of sulfone groups is 1. The summed E-state index contributed by atoms with van der Waals surface area (Å²) < 4.78 is 74.5. The molecule has 0 radical (unpaired) electrons. The molecule has 1 aromatic rings. The number of piperidine rings is 1. The Kier molecular flexibility index (Phi) is 5.91. The molecular weight excluding hydrogens is 364 g/mol. The van der Waals surface area contributed by atoms with Crippen molar-refractivity contribution in [1.82, 2.24) is 4.90 Å². The number of amides is 1. The topological polar surface area (TPSA) is 66.5 Å². The van der Waals surface area contributed by atoms with E-state index in [1.165, 1.54) is 0 Å². The lowest BCUT2D eigenvalue weighted by atomic mass is 10.1. The van der Waals surface area contributed by atoms with Gasteiger partial charge in [-0.3, -0.25) is 4.79 Å². The van der Waals surface area contributed by atoms with Crippen LogP contribution in [0.5, 0.6) is 0 Å². The zero-order valence-electron chi connectivity index (χ0n) is 13.3. The average molecular weight is 382 g/mol. The molecule has 1 saturated heterocycles. The summed E-state index contributed by atoms with van der Waals surface area (Å²) in [6.07, 6.45) is 2.87. The van der Waals surface area contributed by atoms with Crippen LogP contribution in [0.15, 0.2) is 23.1 Å². The van der Waals surface area contributed by atoms with E-state index >= 15 is 0 Å². The molecule has 25 heavy (non-hydrogen) atoms. The van der Waals surface area contributed by atoms with Crippen LogP contribution in [0.25, 0.3) is 0 Å². The number of alkyl halides is 3. The molecule has 10 heteroatoms. The van der Waals surface area contributed by atoms with Gasteiger partial charge in [0.2, 0.25) is 5.91 Å². The first kappa shape index (κ1) is 19.5. The van der Waals surface area contributed by atoms with Crippen molar-refractivity contribution >= 4 is 21.4 Å². The van der Waals surface area contributed by atoms with Crippen LogP contribution in [-0.4, -0.2) is 44.4 Å². The highest BCUT2D eigenvalue weighted by atomic mass is 32.2. The first-order valence-electron chi connectivity index (χ1n) is 7.75. The first-order chi connectivity index (χ1) is 11.6. The van der Waals surface area contributed by atoms with Crippen LogP contribution < -0.4 is 5.32 Å². The van der Waals surface area contributed by atoms with Gasteiger partial charge in [0.1, 0.15) is 10.7 Å². The summed E-state index contributed by atoms with van der Waals surface area (Å²) in [7, 11) is -5.70. The molecule has 0 spiro atoms. The minimum Gasteiger partial charge on any atom is -0.383 e. The molecule has 0 bridgehead atoms. The Balaban J connectivity index is 2.08. The molecule has 1 N–H and O–H groups in total. The minimum atomic E-state index is -5.70. The van der Waals surface area contributed by atoms with Crippen LogP contribution in [0.2, 0.25) is 0 Å². The van der Waals surface area contributed by atoms with Crippen LogP contribution in [-0.2, 0) is 14.6 Å². The summed E-state index contributed by atoms with van der Waals surface area (Å²) in [6, 6.07) is 2.08. The van der Waals surface area contributed by atoms with Gasteiger partial charge in [0.05, 0.1) is 5.69 Å². The highest BCUT2D eigenvalue weighted by molar-refractivity contribution is 7.92. The van der Waals surface area contributed by atoms with Gasteiger partial charge < -0.3 is 10.2 Å². The minimum absolute atomic E-state index is 0.00286. The third-order valence-corrected chi connectivity index (χ3v) is 5.43. The van der Waals surface area contributed by atoms with Gasteiger partial charge in [0.15, 0.2) is 0 Å². The third kappa shape index (κ3) is 4.62. The number of carbonyl (C=O) groups is 1. The zero-order valence-corrected chi connectivity index (χ0v) is 14.1. The Morgan fingerprint density at radius 2 is 1.80 bits per heavy atom. The van der Waals surface area contributed by atoms with Crippen molar-refractivity contribution in [2.75, 3.05) is 25.0 Å². The van der Waals surface area contributed by atoms with Crippen molar-refractivity contribution in [2.24, 2.45) is 0 Å². The van der Waals surface area contributed by atoms with Crippen molar-refractivity contribution in [3.05, 3.63) is 24.0 Å². The van der Waals surface area contributed by atoms with E-state index in [1.54, 1.807) is 4.90 Å². The predicted octanol–water partition coefficient (Wildman–Crippen LogP) is 2.93. The second kappa shape index (κ2) is 7.59. The maximum absolute atomic E-state index is 13.2. The van der Waals surface area contributed by atoms with Crippen molar-refractivity contribution in [1.29, 1.82) is 0 Å². The molecule has 0 aliphatic carbocycles. The van der Waals surface area contributed by atoms with E-state index in [-0.39, 0.29) is 24.6 Å². The normalized spacial score (nSPS) is 15.9. The Morgan fingerprint density at radius 1 is 1.16 bits per heavy atom. The fourth-order valence-electron chi connectivity index (χ4n) is 2.59. The summed E-state index contributed by atoms with van der Waals surface area (Å²) in [5.74, 6) is -1.26. The summed E-state index contributed by atoms with van der Waals surface area (Å²) in [5, 5.41) is 2.50. The maximum atomic E-state index is 13.2. The van der Waals surface area contributed by atoms with E-state index < -0.39 is 26.1 Å². The Labute approximate surface area is 142 Å². The Morgan fingerprint density at radius 3 is 2.40 bits per heavy atom. The molecule has 140 valence electrons. The Bertz CT molecular complexity index is 729. The molecule has 1 aliphatic heterocycles. The molecule has 1 fully saturated rings. The predicted molar refractivity (Wildman–Crippen MR) is 83.2 cm³/mol. The molecule has 2 rings (SSSR count). The number of likely N-dealkylation sites (tertiary alicyclic amines) is 1. The van der Waals surface area contributed by atoms with Gasteiger partial charge in [-0.25, -0.2) is 12.8 Å². The van der Waals surface area contributed by atoms with Crippen LogP contribution in [0, 0.1) is 5.82 Å². The van der Waals surface area contributed by atoms with Crippen LogP contribution in [0.3, 0.4) is 0 Å². The molecule has 1 amide bonds. The van der Waals surface area contributed by atoms with Gasteiger partial charge in [-0.15, -0.1) is 0 Å². The number of carbonyl (C=O) groups excluding carboxylic acids is 1. The van der Waals surface area contributed by atoms with Crippen LogP contribution in [0.1, 0.15) is 25.7 Å². The SMILES string of the molecule is O=C(CCNc1ccc(F)cc1S(=O)(=O)C(F)(F)F)N1CCCCC1. The van der Waals surface area contributed by atoms with Crippen molar-refractivity contribution in [2.45, 2.75) is 36.1 Å². The molecule has 0 saturated carbocycles. The largest absolute Gasteiger partial charge is 0.501 e. The van der Waals surface area contributed by atoms with E-state index in [4.69, 9.17) is 0 Å². The van der Waals surface area contributed by atoms with Gasteiger partial charge in [-0.2, -0.15) is 13.2 Å². The molecule has 1 aromatic carbocycles. The van der Waals surface area contributed by atoms with Crippen LogP contribution in [0.4, 0.5) is 23.2 Å². The highest BCUT2D eigenvalue weighted by Gasteiger charge is 2.48. The van der Waals surface area contributed by atoms with E-state index in [0.29, 0.717) is 19.2 Å². The second-order valence-electron chi connectivity index (χ2n) is 5.71. The first-order valence-corrected chi connectivity index (χ1v) is 9.24. The van der Waals surface area contributed by atoms with E-state index in [9.17, 15) is 30.8 Å². The molecule has 5 nitrogen and oxygen atoms in total.